The van der Waals surface area contributed by atoms with E-state index < -0.39 is 23.5 Å². The molecule has 0 saturated carbocycles. The van der Waals surface area contributed by atoms with Crippen molar-refractivity contribution in [3.05, 3.63) is 29.8 Å². The Bertz CT molecular complexity index is 725. The van der Waals surface area contributed by atoms with E-state index in [0.29, 0.717) is 31.5 Å². The van der Waals surface area contributed by atoms with Crippen LogP contribution in [-0.4, -0.2) is 48.4 Å². The van der Waals surface area contributed by atoms with Crippen LogP contribution in [0.2, 0.25) is 0 Å². The Labute approximate surface area is 159 Å². The molecule has 1 heterocycles. The summed E-state index contributed by atoms with van der Waals surface area (Å²) in [5, 5.41) is 9.96. The zero-order valence-electron chi connectivity index (χ0n) is 15.8. The highest BCUT2D eigenvalue weighted by atomic mass is 16.5. The van der Waals surface area contributed by atoms with E-state index in [9.17, 15) is 19.5 Å². The monoisotopic (exact) mass is 374 g/mol. The van der Waals surface area contributed by atoms with Crippen molar-refractivity contribution in [3.63, 3.8) is 0 Å². The number of fused-ring (bicyclic) bond motifs is 1. The molecule has 7 heteroatoms. The number of ether oxygens (including phenoxy) is 1. The average molecular weight is 374 g/mol. The standard InChI is InChI=1S/C20H26N2O5/c1-3-4-5-12-17(27-2)20(19(25)26,21-14-23)18(24)22-13-8-10-15-9-6-7-11-16(15)22/h6-7,9,11,17H,3-5,8,10,12-13H2,1-2H3,(H,25,26)/t17-,20?/m0/s1. The number of aliphatic imine (C=N–C) groups is 1. The number of hydrogen-bond acceptors (Lipinski definition) is 5. The molecule has 2 atom stereocenters. The van der Waals surface area contributed by atoms with Gasteiger partial charge in [0, 0.05) is 19.3 Å². The SMILES string of the molecule is CCCCC[C@H](OC)C(N=C=O)(C(=O)O)C(=O)N1CCCc2ccccc21. The van der Waals surface area contributed by atoms with Crippen molar-refractivity contribution in [2.24, 2.45) is 4.99 Å². The summed E-state index contributed by atoms with van der Waals surface area (Å²) in [6.07, 6.45) is 4.54. The highest BCUT2D eigenvalue weighted by molar-refractivity contribution is 6.15. The van der Waals surface area contributed by atoms with Gasteiger partial charge in [-0.05, 0) is 30.9 Å². The number of rotatable bonds is 9. The van der Waals surface area contributed by atoms with Gasteiger partial charge in [0.05, 0.1) is 0 Å². The normalized spacial score (nSPS) is 16.6. The summed E-state index contributed by atoms with van der Waals surface area (Å²) in [6.45, 7) is 2.39. The van der Waals surface area contributed by atoms with E-state index in [1.165, 1.54) is 18.1 Å². The fourth-order valence-electron chi connectivity index (χ4n) is 3.63. The summed E-state index contributed by atoms with van der Waals surface area (Å²) in [6, 6.07) is 7.37. The minimum atomic E-state index is -2.34. The Morgan fingerprint density at radius 3 is 2.74 bits per heavy atom. The molecule has 0 spiro atoms. The zero-order chi connectivity index (χ0) is 19.9. The minimum absolute atomic E-state index is 0.309. The van der Waals surface area contributed by atoms with Crippen LogP contribution < -0.4 is 4.90 Å². The van der Waals surface area contributed by atoms with Crippen LogP contribution in [0.4, 0.5) is 5.69 Å². The number of carboxylic acid groups (broad SMARTS) is 1. The maximum Gasteiger partial charge on any atom is 0.345 e. The molecule has 7 nitrogen and oxygen atoms in total. The molecular weight excluding hydrogens is 348 g/mol. The fourth-order valence-corrected chi connectivity index (χ4v) is 3.63. The lowest BCUT2D eigenvalue weighted by Gasteiger charge is -2.37. The molecule has 0 bridgehead atoms. The lowest BCUT2D eigenvalue weighted by Crippen LogP contribution is -2.61. The molecule has 0 saturated heterocycles. The number of aryl methyl sites for hydroxylation is 1. The molecule has 1 aromatic carbocycles. The smallest absolute Gasteiger partial charge is 0.345 e. The van der Waals surface area contributed by atoms with E-state index in [1.807, 2.05) is 19.1 Å². The molecule has 0 fully saturated rings. The maximum atomic E-state index is 13.4. The Kier molecular flexibility index (Phi) is 7.28. The van der Waals surface area contributed by atoms with Gasteiger partial charge in [0.15, 0.2) is 0 Å². The first kappa shape index (κ1) is 20.8. The number of isocyanates is 1. The van der Waals surface area contributed by atoms with E-state index in [-0.39, 0.29) is 0 Å². The van der Waals surface area contributed by atoms with Gasteiger partial charge in [-0.15, -0.1) is 0 Å². The summed E-state index contributed by atoms with van der Waals surface area (Å²) in [5.41, 5.74) is -0.718. The number of para-hydroxylation sites is 1. The number of aliphatic carboxylic acids is 1. The Hall–Kier alpha value is -2.50. The number of carbonyl (C=O) groups excluding carboxylic acids is 2. The molecule has 1 aliphatic heterocycles. The van der Waals surface area contributed by atoms with Gasteiger partial charge in [-0.2, -0.15) is 4.99 Å². The van der Waals surface area contributed by atoms with Crippen molar-refractivity contribution in [2.75, 3.05) is 18.6 Å². The van der Waals surface area contributed by atoms with E-state index in [2.05, 4.69) is 4.99 Å². The second-order valence-electron chi connectivity index (χ2n) is 6.68. The van der Waals surface area contributed by atoms with Gasteiger partial charge in [-0.3, -0.25) is 4.79 Å². The van der Waals surface area contributed by atoms with Gasteiger partial charge < -0.3 is 14.7 Å². The van der Waals surface area contributed by atoms with E-state index in [0.717, 1.165) is 24.8 Å². The van der Waals surface area contributed by atoms with E-state index >= 15 is 0 Å². The molecule has 1 aliphatic rings. The number of nitrogens with zero attached hydrogens (tertiary/aromatic N) is 2. The topological polar surface area (TPSA) is 96.3 Å². The van der Waals surface area contributed by atoms with Gasteiger partial charge in [0.2, 0.25) is 6.08 Å². The number of carboxylic acids is 1. The van der Waals surface area contributed by atoms with Crippen LogP contribution in [0.5, 0.6) is 0 Å². The summed E-state index contributed by atoms with van der Waals surface area (Å²) in [7, 11) is 1.34. The molecule has 146 valence electrons. The van der Waals surface area contributed by atoms with Crippen molar-refractivity contribution in [2.45, 2.75) is 57.1 Å². The number of amides is 1. The van der Waals surface area contributed by atoms with Crippen molar-refractivity contribution in [1.29, 1.82) is 0 Å². The van der Waals surface area contributed by atoms with Crippen LogP contribution >= 0.6 is 0 Å². The van der Waals surface area contributed by atoms with E-state index in [1.54, 1.807) is 12.1 Å². The third-order valence-electron chi connectivity index (χ3n) is 5.05. The zero-order valence-corrected chi connectivity index (χ0v) is 15.8. The first-order valence-corrected chi connectivity index (χ1v) is 9.28. The summed E-state index contributed by atoms with van der Waals surface area (Å²) < 4.78 is 5.38. The molecule has 0 radical (unpaired) electrons. The molecule has 0 aromatic heterocycles. The molecule has 1 amide bonds. The van der Waals surface area contributed by atoms with Crippen LogP contribution in [0.15, 0.2) is 29.3 Å². The molecule has 27 heavy (non-hydrogen) atoms. The molecule has 1 unspecified atom stereocenters. The molecule has 2 rings (SSSR count). The van der Waals surface area contributed by atoms with Crippen molar-refractivity contribution in [3.8, 4) is 0 Å². The Morgan fingerprint density at radius 1 is 1.37 bits per heavy atom. The average Bonchev–Trinajstić information content (AvgIpc) is 2.68. The third-order valence-corrected chi connectivity index (χ3v) is 5.05. The van der Waals surface area contributed by atoms with Gasteiger partial charge in [-0.1, -0.05) is 44.4 Å². The first-order valence-electron chi connectivity index (χ1n) is 9.28. The minimum Gasteiger partial charge on any atom is -0.479 e. The largest absolute Gasteiger partial charge is 0.479 e. The molecule has 0 aliphatic carbocycles. The number of anilines is 1. The summed E-state index contributed by atoms with van der Waals surface area (Å²) >= 11 is 0. The number of methoxy groups -OCH3 is 1. The maximum absolute atomic E-state index is 13.4. The summed E-state index contributed by atoms with van der Waals surface area (Å²) in [4.78, 5) is 41.8. The second-order valence-corrected chi connectivity index (χ2v) is 6.68. The quantitative estimate of drug-likeness (QED) is 0.310. The van der Waals surface area contributed by atoms with E-state index in [4.69, 9.17) is 4.74 Å². The first-order chi connectivity index (χ1) is 13.0. The Balaban J connectivity index is 2.49. The van der Waals surface area contributed by atoms with Crippen molar-refractivity contribution >= 4 is 23.6 Å². The fraction of sp³-hybridized carbons (Fsp3) is 0.550. The van der Waals surface area contributed by atoms with Gasteiger partial charge >= 0.3 is 5.97 Å². The second kappa shape index (κ2) is 9.44. The summed E-state index contributed by atoms with van der Waals surface area (Å²) in [5.74, 6) is -2.25. The van der Waals surface area contributed by atoms with Crippen LogP contribution in [0, 0.1) is 0 Å². The molecule has 1 N–H and O–H groups in total. The van der Waals surface area contributed by atoms with Gasteiger partial charge in [-0.25, -0.2) is 9.59 Å². The lowest BCUT2D eigenvalue weighted by atomic mass is 9.86. The lowest BCUT2D eigenvalue weighted by molar-refractivity contribution is -0.155. The van der Waals surface area contributed by atoms with Gasteiger partial charge in [0.25, 0.3) is 11.4 Å². The molecule has 1 aromatic rings. The van der Waals surface area contributed by atoms with Crippen molar-refractivity contribution in [1.82, 2.24) is 0 Å². The number of unbranched alkanes of at least 4 members (excludes halogenated alkanes) is 2. The number of carbonyl (C=O) groups is 2. The highest BCUT2D eigenvalue weighted by Gasteiger charge is 2.56. The van der Waals surface area contributed by atoms with Gasteiger partial charge in [0.1, 0.15) is 6.10 Å². The highest BCUT2D eigenvalue weighted by Crippen LogP contribution is 2.33. The molecular formula is C20H26N2O5. The predicted molar refractivity (Wildman–Crippen MR) is 101 cm³/mol. The Morgan fingerprint density at radius 2 is 2.11 bits per heavy atom. The predicted octanol–water partition coefficient (Wildman–Crippen LogP) is 2.72. The van der Waals surface area contributed by atoms with Crippen molar-refractivity contribution < 1.29 is 24.2 Å². The van der Waals surface area contributed by atoms with Crippen LogP contribution in [0.3, 0.4) is 0 Å². The third kappa shape index (κ3) is 4.10. The van der Waals surface area contributed by atoms with Crippen LogP contribution in [0.1, 0.15) is 44.6 Å². The number of hydrogen-bond donors (Lipinski definition) is 1. The van der Waals surface area contributed by atoms with Crippen LogP contribution in [0.25, 0.3) is 0 Å². The van der Waals surface area contributed by atoms with Crippen LogP contribution in [-0.2, 0) is 25.5 Å². The number of benzene rings is 1.